The number of rotatable bonds is 2. The van der Waals surface area contributed by atoms with Crippen LogP contribution in [0.2, 0.25) is 0 Å². The molecule has 0 spiro atoms. The number of nitrogens with zero attached hydrogens (tertiary/aromatic N) is 1. The van der Waals surface area contributed by atoms with E-state index < -0.39 is 0 Å². The third kappa shape index (κ3) is 2.71. The normalized spacial score (nSPS) is 35.6. The van der Waals surface area contributed by atoms with E-state index in [1.807, 2.05) is 0 Å². The molecule has 0 radical (unpaired) electrons. The van der Waals surface area contributed by atoms with Gasteiger partial charge in [0.2, 0.25) is 0 Å². The van der Waals surface area contributed by atoms with E-state index in [0.29, 0.717) is 18.7 Å². The minimum Gasteiger partial charge on any atom is -0.395 e. The molecule has 2 N–H and O–H groups in total. The summed E-state index contributed by atoms with van der Waals surface area (Å²) < 4.78 is 0. The summed E-state index contributed by atoms with van der Waals surface area (Å²) >= 11 is 0. The molecule has 0 aromatic heterocycles. The maximum Gasteiger partial charge on any atom is 0.0599 e. The molecule has 88 valence electrons. The van der Waals surface area contributed by atoms with Crippen molar-refractivity contribution in [3.8, 4) is 0 Å². The van der Waals surface area contributed by atoms with Gasteiger partial charge in [0.05, 0.1) is 6.61 Å². The van der Waals surface area contributed by atoms with Crippen LogP contribution in [-0.4, -0.2) is 47.8 Å². The van der Waals surface area contributed by atoms with Gasteiger partial charge in [-0.1, -0.05) is 19.3 Å². The SMILES string of the molecule is CC1CN(C2CCCCC2)C(CO)CN1. The summed E-state index contributed by atoms with van der Waals surface area (Å²) in [7, 11) is 0. The first kappa shape index (κ1) is 11.4. The predicted octanol–water partition coefficient (Wildman–Crippen LogP) is 0.974. The molecule has 2 unspecified atom stereocenters. The summed E-state index contributed by atoms with van der Waals surface area (Å²) in [5.41, 5.74) is 0. The Morgan fingerprint density at radius 3 is 2.67 bits per heavy atom. The topological polar surface area (TPSA) is 35.5 Å². The molecule has 0 bridgehead atoms. The number of hydrogen-bond acceptors (Lipinski definition) is 3. The summed E-state index contributed by atoms with van der Waals surface area (Å²) in [6.45, 7) is 4.60. The van der Waals surface area contributed by atoms with Gasteiger partial charge < -0.3 is 10.4 Å². The fraction of sp³-hybridized carbons (Fsp3) is 1.00. The van der Waals surface area contributed by atoms with Crippen LogP contribution >= 0.6 is 0 Å². The summed E-state index contributed by atoms with van der Waals surface area (Å²) in [5.74, 6) is 0. The highest BCUT2D eigenvalue weighted by Crippen LogP contribution is 2.25. The van der Waals surface area contributed by atoms with Crippen LogP contribution < -0.4 is 5.32 Å². The average molecular weight is 212 g/mol. The zero-order valence-electron chi connectivity index (χ0n) is 9.78. The predicted molar refractivity (Wildman–Crippen MR) is 61.9 cm³/mol. The monoisotopic (exact) mass is 212 g/mol. The summed E-state index contributed by atoms with van der Waals surface area (Å²) in [4.78, 5) is 2.56. The molecule has 2 fully saturated rings. The maximum atomic E-state index is 9.40. The van der Waals surface area contributed by atoms with Gasteiger partial charge in [0.1, 0.15) is 0 Å². The van der Waals surface area contributed by atoms with Crippen molar-refractivity contribution in [1.29, 1.82) is 0 Å². The molecule has 1 aliphatic heterocycles. The largest absolute Gasteiger partial charge is 0.395 e. The Balaban J connectivity index is 1.95. The van der Waals surface area contributed by atoms with Crippen molar-refractivity contribution >= 4 is 0 Å². The highest BCUT2D eigenvalue weighted by atomic mass is 16.3. The lowest BCUT2D eigenvalue weighted by atomic mass is 9.92. The van der Waals surface area contributed by atoms with Crippen LogP contribution in [0.4, 0.5) is 0 Å². The standard InChI is InChI=1S/C12H24N2O/c1-10-8-14(12(9-15)7-13-10)11-5-3-2-4-6-11/h10-13,15H,2-9H2,1H3. The van der Waals surface area contributed by atoms with Gasteiger partial charge in [-0.3, -0.25) is 4.90 Å². The molecule has 1 saturated heterocycles. The second-order valence-electron chi connectivity index (χ2n) is 5.13. The molecule has 3 nitrogen and oxygen atoms in total. The molecule has 2 atom stereocenters. The van der Waals surface area contributed by atoms with Crippen molar-refractivity contribution in [3.05, 3.63) is 0 Å². The Labute approximate surface area is 92.8 Å². The van der Waals surface area contributed by atoms with Crippen LogP contribution in [0.15, 0.2) is 0 Å². The summed E-state index contributed by atoms with van der Waals surface area (Å²) in [6.07, 6.45) is 6.83. The number of aliphatic hydroxyl groups is 1. The van der Waals surface area contributed by atoms with Gasteiger partial charge >= 0.3 is 0 Å². The van der Waals surface area contributed by atoms with E-state index in [9.17, 15) is 5.11 Å². The first-order chi connectivity index (χ1) is 7.31. The third-order valence-corrected chi connectivity index (χ3v) is 3.91. The Bertz CT molecular complexity index is 192. The van der Waals surface area contributed by atoms with Crippen LogP contribution in [0.3, 0.4) is 0 Å². The quantitative estimate of drug-likeness (QED) is 0.716. The zero-order chi connectivity index (χ0) is 10.7. The smallest absolute Gasteiger partial charge is 0.0599 e. The average Bonchev–Trinajstić information content (AvgIpc) is 2.30. The Morgan fingerprint density at radius 2 is 2.00 bits per heavy atom. The maximum absolute atomic E-state index is 9.40. The Morgan fingerprint density at radius 1 is 1.27 bits per heavy atom. The van der Waals surface area contributed by atoms with E-state index in [4.69, 9.17) is 0 Å². The van der Waals surface area contributed by atoms with Crippen LogP contribution in [0.25, 0.3) is 0 Å². The molecule has 2 rings (SSSR count). The molecular formula is C12H24N2O. The molecule has 3 heteroatoms. The highest BCUT2D eigenvalue weighted by molar-refractivity contribution is 4.89. The number of piperazine rings is 1. The van der Waals surface area contributed by atoms with Gasteiger partial charge in [0, 0.05) is 31.2 Å². The van der Waals surface area contributed by atoms with Crippen LogP contribution in [0.1, 0.15) is 39.0 Å². The van der Waals surface area contributed by atoms with Gasteiger partial charge in [-0.15, -0.1) is 0 Å². The number of nitrogens with one attached hydrogen (secondary N) is 1. The van der Waals surface area contributed by atoms with Crippen molar-refractivity contribution in [2.45, 2.75) is 57.2 Å². The van der Waals surface area contributed by atoms with Crippen molar-refractivity contribution < 1.29 is 5.11 Å². The van der Waals surface area contributed by atoms with Crippen LogP contribution in [0.5, 0.6) is 0 Å². The molecule has 0 amide bonds. The fourth-order valence-corrected chi connectivity index (χ4v) is 3.01. The highest BCUT2D eigenvalue weighted by Gasteiger charge is 2.31. The lowest BCUT2D eigenvalue weighted by molar-refractivity contribution is 0.0337. The molecule has 15 heavy (non-hydrogen) atoms. The molecule has 2 aliphatic rings. The van der Waals surface area contributed by atoms with Gasteiger partial charge in [-0.25, -0.2) is 0 Å². The molecule has 1 aliphatic carbocycles. The van der Waals surface area contributed by atoms with Crippen LogP contribution in [-0.2, 0) is 0 Å². The summed E-state index contributed by atoms with van der Waals surface area (Å²) in [6, 6.07) is 1.67. The Kier molecular flexibility index (Phi) is 4.00. The van der Waals surface area contributed by atoms with E-state index in [-0.39, 0.29) is 0 Å². The Hall–Kier alpha value is -0.120. The lowest BCUT2D eigenvalue weighted by Gasteiger charge is -2.44. The van der Waals surface area contributed by atoms with Gasteiger partial charge in [0.15, 0.2) is 0 Å². The summed E-state index contributed by atoms with van der Waals surface area (Å²) in [5, 5.41) is 12.8. The lowest BCUT2D eigenvalue weighted by Crippen LogP contribution is -2.60. The number of aliphatic hydroxyl groups excluding tert-OH is 1. The molecule has 0 aromatic carbocycles. The van der Waals surface area contributed by atoms with E-state index in [0.717, 1.165) is 19.1 Å². The van der Waals surface area contributed by atoms with Crippen molar-refractivity contribution in [2.24, 2.45) is 0 Å². The molecule has 0 aromatic rings. The van der Waals surface area contributed by atoms with E-state index in [2.05, 4.69) is 17.1 Å². The van der Waals surface area contributed by atoms with Gasteiger partial charge in [-0.2, -0.15) is 0 Å². The van der Waals surface area contributed by atoms with E-state index >= 15 is 0 Å². The second-order valence-corrected chi connectivity index (χ2v) is 5.13. The van der Waals surface area contributed by atoms with E-state index in [1.54, 1.807) is 0 Å². The zero-order valence-corrected chi connectivity index (χ0v) is 9.78. The third-order valence-electron chi connectivity index (χ3n) is 3.91. The minimum absolute atomic E-state index is 0.302. The second kappa shape index (κ2) is 5.28. The first-order valence-electron chi connectivity index (χ1n) is 6.41. The van der Waals surface area contributed by atoms with Gasteiger partial charge in [0.25, 0.3) is 0 Å². The van der Waals surface area contributed by atoms with Crippen LogP contribution in [0, 0.1) is 0 Å². The van der Waals surface area contributed by atoms with Crippen molar-refractivity contribution in [2.75, 3.05) is 19.7 Å². The van der Waals surface area contributed by atoms with Crippen molar-refractivity contribution in [1.82, 2.24) is 10.2 Å². The fourth-order valence-electron chi connectivity index (χ4n) is 3.01. The first-order valence-corrected chi connectivity index (χ1v) is 6.41. The number of hydrogen-bond donors (Lipinski definition) is 2. The molecular weight excluding hydrogens is 188 g/mol. The minimum atomic E-state index is 0.302. The van der Waals surface area contributed by atoms with Gasteiger partial charge in [-0.05, 0) is 19.8 Å². The van der Waals surface area contributed by atoms with Crippen molar-refractivity contribution in [3.63, 3.8) is 0 Å². The van der Waals surface area contributed by atoms with E-state index in [1.165, 1.54) is 32.1 Å². The molecule has 1 saturated carbocycles. The molecule has 1 heterocycles.